The van der Waals surface area contributed by atoms with Gasteiger partial charge < -0.3 is 9.67 Å². The Morgan fingerprint density at radius 2 is 2.12 bits per heavy atom. The fraction of sp³-hybridized carbons (Fsp3) is 0.333. The third kappa shape index (κ3) is 2.25. The molecule has 4 nitrogen and oxygen atoms in total. The molecule has 2 rings (SSSR count). The highest BCUT2D eigenvalue weighted by atomic mass is 79.9. The van der Waals surface area contributed by atoms with Crippen molar-refractivity contribution < 1.29 is 5.11 Å². The van der Waals surface area contributed by atoms with Crippen LogP contribution >= 0.6 is 15.9 Å². The number of halogens is 1. The van der Waals surface area contributed by atoms with Crippen molar-refractivity contribution in [3.8, 4) is 11.4 Å². The van der Waals surface area contributed by atoms with Gasteiger partial charge in [0.2, 0.25) is 0 Å². The van der Waals surface area contributed by atoms with Gasteiger partial charge in [-0.15, -0.1) is 10.2 Å². The molecule has 0 aliphatic heterocycles. The number of rotatable bonds is 3. The number of aliphatic hydroxyl groups excluding tert-OH is 1. The monoisotopic (exact) mass is 295 g/mol. The molecule has 1 aromatic heterocycles. The summed E-state index contributed by atoms with van der Waals surface area (Å²) >= 11 is 3.46. The van der Waals surface area contributed by atoms with Gasteiger partial charge in [-0.25, -0.2) is 0 Å². The third-order valence-corrected chi connectivity index (χ3v) is 3.22. The second-order valence-corrected chi connectivity index (χ2v) is 4.72. The molecule has 0 aliphatic carbocycles. The van der Waals surface area contributed by atoms with Gasteiger partial charge in [0, 0.05) is 16.6 Å². The van der Waals surface area contributed by atoms with E-state index in [0.717, 1.165) is 28.0 Å². The number of aryl methyl sites for hydroxylation is 1. The van der Waals surface area contributed by atoms with Crippen LogP contribution in [0.5, 0.6) is 0 Å². The lowest BCUT2D eigenvalue weighted by Gasteiger charge is -2.08. The Morgan fingerprint density at radius 1 is 1.35 bits per heavy atom. The molecule has 0 saturated heterocycles. The lowest BCUT2D eigenvalue weighted by molar-refractivity contribution is 0.265. The van der Waals surface area contributed by atoms with Crippen LogP contribution in [-0.2, 0) is 13.2 Å². The van der Waals surface area contributed by atoms with Gasteiger partial charge in [-0.05, 0) is 31.5 Å². The van der Waals surface area contributed by atoms with Crippen molar-refractivity contribution >= 4 is 15.9 Å². The van der Waals surface area contributed by atoms with Crippen molar-refractivity contribution in [3.63, 3.8) is 0 Å². The molecular formula is C12H14BrN3O. The van der Waals surface area contributed by atoms with Gasteiger partial charge >= 0.3 is 0 Å². The van der Waals surface area contributed by atoms with Crippen LogP contribution in [0.4, 0.5) is 0 Å². The van der Waals surface area contributed by atoms with Crippen LogP contribution in [0, 0.1) is 6.92 Å². The topological polar surface area (TPSA) is 50.9 Å². The number of hydrogen-bond donors (Lipinski definition) is 1. The number of nitrogens with zero attached hydrogens (tertiary/aromatic N) is 3. The molecule has 17 heavy (non-hydrogen) atoms. The van der Waals surface area contributed by atoms with E-state index in [9.17, 15) is 5.11 Å². The van der Waals surface area contributed by atoms with Crippen LogP contribution < -0.4 is 0 Å². The fourth-order valence-corrected chi connectivity index (χ4v) is 2.18. The summed E-state index contributed by atoms with van der Waals surface area (Å²) in [6.45, 7) is 4.70. The zero-order valence-corrected chi connectivity index (χ0v) is 11.4. The van der Waals surface area contributed by atoms with Crippen LogP contribution in [-0.4, -0.2) is 19.9 Å². The van der Waals surface area contributed by atoms with Gasteiger partial charge in [-0.3, -0.25) is 0 Å². The molecule has 0 aliphatic rings. The lowest BCUT2D eigenvalue weighted by atomic mass is 10.1. The van der Waals surface area contributed by atoms with E-state index in [1.165, 1.54) is 0 Å². The smallest absolute Gasteiger partial charge is 0.164 e. The predicted octanol–water partition coefficient (Wildman–Crippen LogP) is 2.53. The molecule has 1 aromatic carbocycles. The molecule has 0 fully saturated rings. The maximum absolute atomic E-state index is 9.20. The van der Waals surface area contributed by atoms with Crippen molar-refractivity contribution in [1.29, 1.82) is 0 Å². The maximum Gasteiger partial charge on any atom is 0.164 e. The number of hydrogen-bond acceptors (Lipinski definition) is 3. The van der Waals surface area contributed by atoms with Crippen molar-refractivity contribution in [2.75, 3.05) is 0 Å². The summed E-state index contributed by atoms with van der Waals surface area (Å²) < 4.78 is 2.93. The van der Waals surface area contributed by atoms with Crippen molar-refractivity contribution in [3.05, 3.63) is 34.1 Å². The molecule has 0 amide bonds. The molecule has 5 heteroatoms. The van der Waals surface area contributed by atoms with Crippen LogP contribution in [0.1, 0.15) is 18.3 Å². The Hall–Kier alpha value is -1.20. The van der Waals surface area contributed by atoms with Crippen LogP contribution in [0.3, 0.4) is 0 Å². The van der Waals surface area contributed by atoms with Gasteiger partial charge in [0.05, 0.1) is 0 Å². The number of benzene rings is 1. The molecule has 0 radical (unpaired) electrons. The molecule has 0 spiro atoms. The van der Waals surface area contributed by atoms with Crippen LogP contribution in [0.25, 0.3) is 11.4 Å². The summed E-state index contributed by atoms with van der Waals surface area (Å²) in [5, 5.41) is 17.4. The third-order valence-electron chi connectivity index (χ3n) is 2.73. The summed E-state index contributed by atoms with van der Waals surface area (Å²) in [7, 11) is 0. The predicted molar refractivity (Wildman–Crippen MR) is 69.5 cm³/mol. The summed E-state index contributed by atoms with van der Waals surface area (Å²) in [6.07, 6.45) is 0. The largest absolute Gasteiger partial charge is 0.388 e. The standard InChI is InChI=1S/C12H14BrN3O/c1-3-16-11(7-17)14-15-12(16)10-6-9(13)5-4-8(10)2/h4-6,17H,3,7H2,1-2H3. The van der Waals surface area contributed by atoms with E-state index in [0.29, 0.717) is 5.82 Å². The summed E-state index contributed by atoms with van der Waals surface area (Å²) in [4.78, 5) is 0. The highest BCUT2D eigenvalue weighted by molar-refractivity contribution is 9.10. The number of aromatic nitrogens is 3. The SMILES string of the molecule is CCn1c(CO)nnc1-c1cc(Br)ccc1C. The Labute approximate surface area is 108 Å². The molecule has 0 bridgehead atoms. The molecule has 2 aromatic rings. The Balaban J connectivity index is 2.59. The molecule has 0 unspecified atom stereocenters. The van der Waals surface area contributed by atoms with Crippen LogP contribution in [0.15, 0.2) is 22.7 Å². The Bertz CT molecular complexity index is 537. The maximum atomic E-state index is 9.20. The van der Waals surface area contributed by atoms with E-state index < -0.39 is 0 Å². The van der Waals surface area contributed by atoms with Crippen molar-refractivity contribution in [1.82, 2.24) is 14.8 Å². The van der Waals surface area contributed by atoms with Gasteiger partial charge in [0.25, 0.3) is 0 Å². The second-order valence-electron chi connectivity index (χ2n) is 3.80. The molecule has 90 valence electrons. The fourth-order valence-electron chi connectivity index (χ4n) is 1.82. The highest BCUT2D eigenvalue weighted by Crippen LogP contribution is 2.26. The first kappa shape index (κ1) is 12.3. The van der Waals surface area contributed by atoms with Gasteiger partial charge in [0.1, 0.15) is 6.61 Å². The minimum atomic E-state index is -0.0894. The van der Waals surface area contributed by atoms with Crippen LogP contribution in [0.2, 0.25) is 0 Å². The zero-order valence-electron chi connectivity index (χ0n) is 9.81. The van der Waals surface area contributed by atoms with E-state index in [1.807, 2.05) is 36.6 Å². The summed E-state index contributed by atoms with van der Waals surface area (Å²) in [5.41, 5.74) is 2.17. The van der Waals surface area contributed by atoms with Gasteiger partial charge in [-0.1, -0.05) is 22.0 Å². The summed E-state index contributed by atoms with van der Waals surface area (Å²) in [6, 6.07) is 6.05. The minimum absolute atomic E-state index is 0.0894. The Morgan fingerprint density at radius 3 is 2.76 bits per heavy atom. The molecular weight excluding hydrogens is 282 g/mol. The number of aliphatic hydroxyl groups is 1. The molecule has 0 saturated carbocycles. The summed E-state index contributed by atoms with van der Waals surface area (Å²) in [5.74, 6) is 1.40. The van der Waals surface area contributed by atoms with Gasteiger partial charge in [-0.2, -0.15) is 0 Å². The first-order valence-corrected chi connectivity index (χ1v) is 6.26. The van der Waals surface area contributed by atoms with E-state index >= 15 is 0 Å². The van der Waals surface area contributed by atoms with E-state index in [4.69, 9.17) is 0 Å². The molecule has 0 atom stereocenters. The second kappa shape index (κ2) is 4.98. The molecule has 1 heterocycles. The Kier molecular flexibility index (Phi) is 3.59. The highest BCUT2D eigenvalue weighted by Gasteiger charge is 2.13. The lowest BCUT2D eigenvalue weighted by Crippen LogP contribution is -2.04. The minimum Gasteiger partial charge on any atom is -0.388 e. The zero-order chi connectivity index (χ0) is 12.4. The van der Waals surface area contributed by atoms with Crippen molar-refractivity contribution in [2.45, 2.75) is 27.0 Å². The average Bonchev–Trinajstić information content (AvgIpc) is 2.74. The first-order valence-electron chi connectivity index (χ1n) is 5.46. The quantitative estimate of drug-likeness (QED) is 0.947. The van der Waals surface area contributed by atoms with E-state index in [-0.39, 0.29) is 6.61 Å². The normalized spacial score (nSPS) is 10.8. The van der Waals surface area contributed by atoms with E-state index in [1.54, 1.807) is 0 Å². The van der Waals surface area contributed by atoms with E-state index in [2.05, 4.69) is 26.1 Å². The first-order chi connectivity index (χ1) is 8.17. The molecule has 1 N–H and O–H groups in total. The van der Waals surface area contributed by atoms with Crippen molar-refractivity contribution in [2.24, 2.45) is 0 Å². The average molecular weight is 296 g/mol. The van der Waals surface area contributed by atoms with Gasteiger partial charge in [0.15, 0.2) is 11.6 Å².